The Bertz CT molecular complexity index is 868. The van der Waals surface area contributed by atoms with E-state index in [2.05, 4.69) is 25.6 Å². The van der Waals surface area contributed by atoms with Crippen molar-refractivity contribution in [3.8, 4) is 0 Å². The average Bonchev–Trinajstić information content (AvgIpc) is 2.64. The normalized spacial score (nSPS) is 10.3. The number of nitrogens with zero attached hydrogens (tertiary/aromatic N) is 3. The summed E-state index contributed by atoms with van der Waals surface area (Å²) in [5.41, 5.74) is 2.94. The van der Waals surface area contributed by atoms with Gasteiger partial charge in [0, 0.05) is 29.3 Å². The summed E-state index contributed by atoms with van der Waals surface area (Å²) >= 11 is 6.09. The number of hydrogen-bond donors (Lipinski definition) is 2. The van der Waals surface area contributed by atoms with E-state index in [-0.39, 0.29) is 5.91 Å². The third-order valence-corrected chi connectivity index (χ3v) is 3.91. The van der Waals surface area contributed by atoms with Gasteiger partial charge in [0.25, 0.3) is 5.91 Å². The standard InChI is InChI=1S/C18H16ClN5O/c1-12-5-6-14(8-16(12)19)24-18-22-9-13(10-23-18)17(25)21-11-15-4-2-3-7-20-15/h2-10H,11H2,1H3,(H,21,25)(H,22,23,24). The molecule has 0 unspecified atom stereocenters. The van der Waals surface area contributed by atoms with E-state index in [9.17, 15) is 4.79 Å². The predicted octanol–water partition coefficient (Wildman–Crippen LogP) is 3.51. The van der Waals surface area contributed by atoms with Gasteiger partial charge >= 0.3 is 0 Å². The summed E-state index contributed by atoms with van der Waals surface area (Å²) in [6.07, 6.45) is 4.63. The van der Waals surface area contributed by atoms with Crippen LogP contribution in [0.3, 0.4) is 0 Å². The van der Waals surface area contributed by atoms with Crippen LogP contribution in [-0.4, -0.2) is 20.9 Å². The number of carbonyl (C=O) groups excluding carboxylic acids is 1. The summed E-state index contributed by atoms with van der Waals surface area (Å²) in [6.45, 7) is 2.28. The number of benzene rings is 1. The number of rotatable bonds is 5. The Morgan fingerprint density at radius 3 is 2.60 bits per heavy atom. The molecule has 0 aliphatic rings. The first-order valence-corrected chi connectivity index (χ1v) is 8.03. The number of nitrogens with one attached hydrogen (secondary N) is 2. The molecule has 7 heteroatoms. The monoisotopic (exact) mass is 353 g/mol. The molecular weight excluding hydrogens is 338 g/mol. The van der Waals surface area contributed by atoms with Gasteiger partial charge in [0.1, 0.15) is 0 Å². The van der Waals surface area contributed by atoms with Crippen molar-refractivity contribution in [2.75, 3.05) is 5.32 Å². The van der Waals surface area contributed by atoms with Crippen LogP contribution in [0.25, 0.3) is 0 Å². The highest BCUT2D eigenvalue weighted by Gasteiger charge is 2.08. The first-order chi connectivity index (χ1) is 12.1. The van der Waals surface area contributed by atoms with Gasteiger partial charge < -0.3 is 10.6 Å². The van der Waals surface area contributed by atoms with Gasteiger partial charge in [0.15, 0.2) is 0 Å². The number of halogens is 1. The zero-order chi connectivity index (χ0) is 17.6. The van der Waals surface area contributed by atoms with Gasteiger partial charge in [-0.15, -0.1) is 0 Å². The molecule has 1 aromatic carbocycles. The van der Waals surface area contributed by atoms with E-state index in [1.807, 2.05) is 37.3 Å². The van der Waals surface area contributed by atoms with Crippen molar-refractivity contribution in [1.82, 2.24) is 20.3 Å². The lowest BCUT2D eigenvalue weighted by Gasteiger charge is -2.07. The Labute approximate surface area is 150 Å². The van der Waals surface area contributed by atoms with Crippen LogP contribution in [-0.2, 0) is 6.54 Å². The van der Waals surface area contributed by atoms with Crippen molar-refractivity contribution in [2.24, 2.45) is 0 Å². The van der Waals surface area contributed by atoms with Crippen LogP contribution in [0, 0.1) is 6.92 Å². The molecule has 3 rings (SSSR count). The van der Waals surface area contributed by atoms with Crippen molar-refractivity contribution in [3.63, 3.8) is 0 Å². The molecule has 3 aromatic rings. The SMILES string of the molecule is Cc1ccc(Nc2ncc(C(=O)NCc3ccccn3)cn2)cc1Cl. The Morgan fingerprint density at radius 1 is 1.12 bits per heavy atom. The second-order valence-corrected chi connectivity index (χ2v) is 5.80. The molecule has 0 atom stereocenters. The molecule has 2 heterocycles. The van der Waals surface area contributed by atoms with Crippen LogP contribution in [0.1, 0.15) is 21.6 Å². The summed E-state index contributed by atoms with van der Waals surface area (Å²) < 4.78 is 0. The molecule has 0 saturated heterocycles. The zero-order valence-corrected chi connectivity index (χ0v) is 14.3. The molecule has 1 amide bonds. The van der Waals surface area contributed by atoms with Crippen molar-refractivity contribution in [1.29, 1.82) is 0 Å². The third-order valence-electron chi connectivity index (χ3n) is 3.50. The van der Waals surface area contributed by atoms with E-state index in [0.717, 1.165) is 16.9 Å². The molecular formula is C18H16ClN5O. The Balaban J connectivity index is 1.61. The number of anilines is 2. The largest absolute Gasteiger partial charge is 0.346 e. The summed E-state index contributed by atoms with van der Waals surface area (Å²) in [7, 11) is 0. The van der Waals surface area contributed by atoms with E-state index < -0.39 is 0 Å². The van der Waals surface area contributed by atoms with Gasteiger partial charge in [0.05, 0.1) is 17.8 Å². The van der Waals surface area contributed by atoms with E-state index in [0.29, 0.717) is 23.1 Å². The number of aryl methyl sites for hydroxylation is 1. The molecule has 25 heavy (non-hydrogen) atoms. The fourth-order valence-electron chi connectivity index (χ4n) is 2.09. The second-order valence-electron chi connectivity index (χ2n) is 5.39. The Kier molecular flexibility index (Phi) is 5.20. The first kappa shape index (κ1) is 16.9. The van der Waals surface area contributed by atoms with Crippen LogP contribution in [0.5, 0.6) is 0 Å². The fraction of sp³-hybridized carbons (Fsp3) is 0.111. The van der Waals surface area contributed by atoms with E-state index >= 15 is 0 Å². The highest BCUT2D eigenvalue weighted by atomic mass is 35.5. The van der Waals surface area contributed by atoms with Crippen molar-refractivity contribution < 1.29 is 4.79 Å². The molecule has 0 aliphatic carbocycles. The molecule has 2 N–H and O–H groups in total. The van der Waals surface area contributed by atoms with E-state index in [1.165, 1.54) is 12.4 Å². The smallest absolute Gasteiger partial charge is 0.254 e. The minimum absolute atomic E-state index is 0.254. The molecule has 0 bridgehead atoms. The number of hydrogen-bond acceptors (Lipinski definition) is 5. The molecule has 0 spiro atoms. The van der Waals surface area contributed by atoms with E-state index in [1.54, 1.807) is 12.3 Å². The first-order valence-electron chi connectivity index (χ1n) is 7.65. The quantitative estimate of drug-likeness (QED) is 0.733. The minimum Gasteiger partial charge on any atom is -0.346 e. The molecule has 126 valence electrons. The molecule has 0 radical (unpaired) electrons. The lowest BCUT2D eigenvalue weighted by molar-refractivity contribution is 0.0949. The van der Waals surface area contributed by atoms with Crippen LogP contribution in [0.15, 0.2) is 55.0 Å². The number of aromatic nitrogens is 3. The summed E-state index contributed by atoms with van der Waals surface area (Å²) in [6, 6.07) is 11.1. The molecule has 0 fully saturated rings. The predicted molar refractivity (Wildman–Crippen MR) is 96.9 cm³/mol. The number of pyridine rings is 1. The maximum atomic E-state index is 12.1. The zero-order valence-electron chi connectivity index (χ0n) is 13.5. The Morgan fingerprint density at radius 2 is 1.92 bits per heavy atom. The van der Waals surface area contributed by atoms with Crippen molar-refractivity contribution >= 4 is 29.1 Å². The number of amides is 1. The maximum Gasteiger partial charge on any atom is 0.254 e. The maximum absolute atomic E-state index is 12.1. The van der Waals surface area contributed by atoms with E-state index in [4.69, 9.17) is 11.6 Å². The topological polar surface area (TPSA) is 79.8 Å². The van der Waals surface area contributed by atoms with Gasteiger partial charge in [-0.1, -0.05) is 23.7 Å². The molecule has 2 aromatic heterocycles. The van der Waals surface area contributed by atoms with Gasteiger partial charge in [-0.25, -0.2) is 9.97 Å². The third kappa shape index (κ3) is 4.51. The number of carbonyl (C=O) groups is 1. The van der Waals surface area contributed by atoms with Gasteiger partial charge in [-0.3, -0.25) is 9.78 Å². The van der Waals surface area contributed by atoms with Gasteiger partial charge in [-0.2, -0.15) is 0 Å². The minimum atomic E-state index is -0.254. The lowest BCUT2D eigenvalue weighted by atomic mass is 10.2. The van der Waals surface area contributed by atoms with Crippen LogP contribution in [0.2, 0.25) is 5.02 Å². The van der Waals surface area contributed by atoms with Crippen LogP contribution < -0.4 is 10.6 Å². The highest BCUT2D eigenvalue weighted by molar-refractivity contribution is 6.31. The summed E-state index contributed by atoms with van der Waals surface area (Å²) in [5.74, 6) is 0.136. The lowest BCUT2D eigenvalue weighted by Crippen LogP contribution is -2.23. The van der Waals surface area contributed by atoms with Gasteiger partial charge in [-0.05, 0) is 36.8 Å². The summed E-state index contributed by atoms with van der Waals surface area (Å²) in [5, 5.41) is 6.49. The Hall–Kier alpha value is -2.99. The summed E-state index contributed by atoms with van der Waals surface area (Å²) in [4.78, 5) is 24.6. The van der Waals surface area contributed by atoms with Crippen LogP contribution in [0.4, 0.5) is 11.6 Å². The molecule has 0 aliphatic heterocycles. The van der Waals surface area contributed by atoms with Crippen molar-refractivity contribution in [2.45, 2.75) is 13.5 Å². The average molecular weight is 354 g/mol. The van der Waals surface area contributed by atoms with Gasteiger partial charge in [0.2, 0.25) is 5.95 Å². The fourth-order valence-corrected chi connectivity index (χ4v) is 2.27. The van der Waals surface area contributed by atoms with Crippen LogP contribution >= 0.6 is 11.6 Å². The highest BCUT2D eigenvalue weighted by Crippen LogP contribution is 2.21. The molecule has 0 saturated carbocycles. The molecule has 6 nitrogen and oxygen atoms in total. The van der Waals surface area contributed by atoms with Crippen molar-refractivity contribution in [3.05, 3.63) is 76.8 Å². The second kappa shape index (κ2) is 7.72.